The molecule has 1 heterocycles. The third-order valence-electron chi connectivity index (χ3n) is 3.66. The van der Waals surface area contributed by atoms with Gasteiger partial charge < -0.3 is 5.11 Å². The van der Waals surface area contributed by atoms with E-state index in [4.69, 9.17) is 23.2 Å². The molecular formula is C18H13Cl2N3O3. The van der Waals surface area contributed by atoms with E-state index in [-0.39, 0.29) is 10.6 Å². The van der Waals surface area contributed by atoms with Crippen molar-refractivity contribution in [1.29, 1.82) is 0 Å². The van der Waals surface area contributed by atoms with Gasteiger partial charge in [-0.05, 0) is 37.3 Å². The number of aliphatic imine (C=N–C) groups is 1. The molecular weight excluding hydrogens is 377 g/mol. The topological polar surface area (TPSA) is 87.4 Å². The lowest BCUT2D eigenvalue weighted by Gasteiger charge is -2.09. The summed E-state index contributed by atoms with van der Waals surface area (Å²) >= 11 is 11.9. The van der Waals surface area contributed by atoms with Crippen molar-refractivity contribution in [2.75, 3.05) is 0 Å². The van der Waals surface area contributed by atoms with E-state index in [0.29, 0.717) is 16.4 Å². The zero-order valence-electron chi connectivity index (χ0n) is 13.5. The highest BCUT2D eigenvalue weighted by molar-refractivity contribution is 6.36. The SMILES string of the molecule is Cc1ccc(-n2c(O)c(C=Nc3ccc(Cl)cc3Cl)c(=O)[nH]c2=O)cc1. The van der Waals surface area contributed by atoms with Gasteiger partial charge in [-0.3, -0.25) is 14.8 Å². The van der Waals surface area contributed by atoms with Crippen molar-refractivity contribution >= 4 is 35.1 Å². The van der Waals surface area contributed by atoms with Gasteiger partial charge in [0.2, 0.25) is 5.88 Å². The molecule has 26 heavy (non-hydrogen) atoms. The molecule has 3 aromatic rings. The van der Waals surface area contributed by atoms with Crippen LogP contribution in [0.4, 0.5) is 5.69 Å². The van der Waals surface area contributed by atoms with Crippen LogP contribution in [0.2, 0.25) is 10.0 Å². The first-order valence-corrected chi connectivity index (χ1v) is 8.27. The zero-order valence-corrected chi connectivity index (χ0v) is 15.0. The highest BCUT2D eigenvalue weighted by atomic mass is 35.5. The van der Waals surface area contributed by atoms with Gasteiger partial charge in [-0.1, -0.05) is 40.9 Å². The maximum absolute atomic E-state index is 12.1. The lowest BCUT2D eigenvalue weighted by atomic mass is 10.2. The van der Waals surface area contributed by atoms with E-state index in [0.717, 1.165) is 16.3 Å². The summed E-state index contributed by atoms with van der Waals surface area (Å²) in [6, 6.07) is 11.6. The van der Waals surface area contributed by atoms with Gasteiger partial charge in [0, 0.05) is 11.2 Å². The van der Waals surface area contributed by atoms with Crippen LogP contribution in [0.15, 0.2) is 57.0 Å². The molecule has 0 radical (unpaired) electrons. The van der Waals surface area contributed by atoms with Crippen LogP contribution in [0.3, 0.4) is 0 Å². The van der Waals surface area contributed by atoms with Crippen LogP contribution in [0.5, 0.6) is 5.88 Å². The van der Waals surface area contributed by atoms with Gasteiger partial charge in [-0.15, -0.1) is 0 Å². The number of halogens is 2. The molecule has 8 heteroatoms. The molecule has 0 saturated heterocycles. The smallest absolute Gasteiger partial charge is 0.335 e. The van der Waals surface area contributed by atoms with Gasteiger partial charge in [0.15, 0.2) is 0 Å². The predicted molar refractivity (Wildman–Crippen MR) is 103 cm³/mol. The number of rotatable bonds is 3. The first-order chi connectivity index (χ1) is 12.4. The van der Waals surface area contributed by atoms with Crippen LogP contribution in [0, 0.1) is 6.92 Å². The van der Waals surface area contributed by atoms with Crippen LogP contribution < -0.4 is 11.2 Å². The number of H-pyrrole nitrogens is 1. The molecule has 0 fully saturated rings. The summed E-state index contributed by atoms with van der Waals surface area (Å²) in [5.41, 5.74) is 0.0836. The number of benzene rings is 2. The molecule has 2 aromatic carbocycles. The van der Waals surface area contributed by atoms with E-state index in [1.165, 1.54) is 6.07 Å². The Hall–Kier alpha value is -2.83. The van der Waals surface area contributed by atoms with Crippen LogP contribution >= 0.6 is 23.2 Å². The summed E-state index contributed by atoms with van der Waals surface area (Å²) in [7, 11) is 0. The maximum atomic E-state index is 12.1. The molecule has 3 rings (SSSR count). The number of aromatic amines is 1. The fraction of sp³-hybridized carbons (Fsp3) is 0.0556. The first kappa shape index (κ1) is 18.0. The summed E-state index contributed by atoms with van der Waals surface area (Å²) in [5, 5.41) is 11.2. The molecule has 132 valence electrons. The number of hydrogen-bond donors (Lipinski definition) is 2. The lowest BCUT2D eigenvalue weighted by molar-refractivity contribution is 0.430. The summed E-state index contributed by atoms with van der Waals surface area (Å²) < 4.78 is 0.992. The molecule has 0 aliphatic carbocycles. The average molecular weight is 390 g/mol. The number of hydrogen-bond acceptors (Lipinski definition) is 4. The monoisotopic (exact) mass is 389 g/mol. The Balaban J connectivity index is 2.12. The van der Waals surface area contributed by atoms with Crippen molar-refractivity contribution in [2.24, 2.45) is 4.99 Å². The second-order valence-electron chi connectivity index (χ2n) is 5.52. The largest absolute Gasteiger partial charge is 0.493 e. The van der Waals surface area contributed by atoms with Crippen molar-refractivity contribution in [1.82, 2.24) is 9.55 Å². The van der Waals surface area contributed by atoms with Crippen molar-refractivity contribution in [3.8, 4) is 11.6 Å². The van der Waals surface area contributed by atoms with E-state index in [9.17, 15) is 14.7 Å². The van der Waals surface area contributed by atoms with Crippen LogP contribution in [0.25, 0.3) is 5.69 Å². The van der Waals surface area contributed by atoms with Gasteiger partial charge in [-0.25, -0.2) is 9.36 Å². The van der Waals surface area contributed by atoms with Crippen molar-refractivity contribution < 1.29 is 5.11 Å². The fourth-order valence-corrected chi connectivity index (χ4v) is 2.77. The van der Waals surface area contributed by atoms with Gasteiger partial charge in [0.25, 0.3) is 5.56 Å². The molecule has 6 nitrogen and oxygen atoms in total. The van der Waals surface area contributed by atoms with Crippen LogP contribution in [0.1, 0.15) is 11.1 Å². The molecule has 1 aromatic heterocycles. The number of nitrogens with zero attached hydrogens (tertiary/aromatic N) is 2. The van der Waals surface area contributed by atoms with Gasteiger partial charge >= 0.3 is 5.69 Å². The Kier molecular flexibility index (Phi) is 4.97. The third kappa shape index (κ3) is 3.56. The first-order valence-electron chi connectivity index (χ1n) is 7.51. The van der Waals surface area contributed by atoms with Crippen molar-refractivity contribution in [3.05, 3.63) is 84.5 Å². The van der Waals surface area contributed by atoms with Gasteiger partial charge in [-0.2, -0.15) is 0 Å². The van der Waals surface area contributed by atoms with E-state index < -0.39 is 17.1 Å². The molecule has 0 spiro atoms. The Morgan fingerprint density at radius 1 is 1.12 bits per heavy atom. The molecule has 0 atom stereocenters. The van der Waals surface area contributed by atoms with Crippen molar-refractivity contribution in [3.63, 3.8) is 0 Å². The predicted octanol–water partition coefficient (Wildman–Crippen LogP) is 3.60. The summed E-state index contributed by atoms with van der Waals surface area (Å²) in [5.74, 6) is -0.517. The number of aryl methyl sites for hydroxylation is 1. The highest BCUT2D eigenvalue weighted by Crippen LogP contribution is 2.28. The maximum Gasteiger partial charge on any atom is 0.335 e. The van der Waals surface area contributed by atoms with E-state index >= 15 is 0 Å². The van der Waals surface area contributed by atoms with Crippen molar-refractivity contribution in [2.45, 2.75) is 6.92 Å². The Morgan fingerprint density at radius 2 is 1.81 bits per heavy atom. The normalized spacial score (nSPS) is 11.2. The second-order valence-corrected chi connectivity index (χ2v) is 6.37. The van der Waals surface area contributed by atoms with Gasteiger partial charge in [0.05, 0.1) is 16.4 Å². The molecule has 0 aliphatic rings. The third-order valence-corrected chi connectivity index (χ3v) is 4.19. The molecule has 0 saturated carbocycles. The van der Waals surface area contributed by atoms with Gasteiger partial charge in [0.1, 0.15) is 5.56 Å². The minimum Gasteiger partial charge on any atom is -0.493 e. The Labute approximate surface area is 158 Å². The minimum absolute atomic E-state index is 0.170. The zero-order chi connectivity index (χ0) is 18.8. The highest BCUT2D eigenvalue weighted by Gasteiger charge is 2.14. The second kappa shape index (κ2) is 7.19. The average Bonchev–Trinajstić information content (AvgIpc) is 2.57. The summed E-state index contributed by atoms with van der Waals surface area (Å²) in [6.07, 6.45) is 1.15. The molecule has 0 unspecified atom stereocenters. The summed E-state index contributed by atoms with van der Waals surface area (Å²) in [4.78, 5) is 30.5. The number of nitrogens with one attached hydrogen (secondary N) is 1. The van der Waals surface area contributed by atoms with Crippen LogP contribution in [-0.4, -0.2) is 20.9 Å². The fourth-order valence-electron chi connectivity index (χ4n) is 2.31. The summed E-state index contributed by atoms with van der Waals surface area (Å²) in [6.45, 7) is 1.90. The molecule has 0 aliphatic heterocycles. The van der Waals surface area contributed by atoms with E-state index in [1.54, 1.807) is 36.4 Å². The number of aromatic hydroxyl groups is 1. The molecule has 0 bridgehead atoms. The standard InChI is InChI=1S/C18H13Cl2N3O3/c1-10-2-5-12(6-3-10)23-17(25)13(16(24)22-18(23)26)9-21-15-7-4-11(19)8-14(15)20/h2-9,25H,1H3,(H,22,24,26). The Morgan fingerprint density at radius 3 is 2.46 bits per heavy atom. The van der Waals surface area contributed by atoms with E-state index in [1.807, 2.05) is 6.92 Å². The molecule has 0 amide bonds. The van der Waals surface area contributed by atoms with Crippen LogP contribution in [-0.2, 0) is 0 Å². The Bertz CT molecular complexity index is 1120. The molecule has 2 N–H and O–H groups in total. The quantitative estimate of drug-likeness (QED) is 0.670. The lowest BCUT2D eigenvalue weighted by Crippen LogP contribution is -2.31. The van der Waals surface area contributed by atoms with E-state index in [2.05, 4.69) is 9.98 Å². The number of aromatic nitrogens is 2. The minimum atomic E-state index is -0.760.